The molecule has 0 spiro atoms. The van der Waals surface area contributed by atoms with Gasteiger partial charge in [-0.25, -0.2) is 4.99 Å². The summed E-state index contributed by atoms with van der Waals surface area (Å²) in [4.78, 5) is 32.2. The predicted molar refractivity (Wildman–Crippen MR) is 162 cm³/mol. The summed E-state index contributed by atoms with van der Waals surface area (Å²) in [6.07, 6.45) is 19.8. The Kier molecular flexibility index (Phi) is 5.09. The molecule has 5 aliphatic rings. The Morgan fingerprint density at radius 1 is 0.976 bits per heavy atom. The van der Waals surface area contributed by atoms with Crippen molar-refractivity contribution in [3.05, 3.63) is 107 Å². The highest BCUT2D eigenvalue weighted by Crippen LogP contribution is 2.52. The van der Waals surface area contributed by atoms with Crippen molar-refractivity contribution in [2.45, 2.75) is 44.7 Å². The van der Waals surface area contributed by atoms with Gasteiger partial charge in [-0.3, -0.25) is 14.8 Å². The summed E-state index contributed by atoms with van der Waals surface area (Å²) >= 11 is 0. The third-order valence-corrected chi connectivity index (χ3v) is 8.86. The average Bonchev–Trinajstić information content (AvgIpc) is 3.33. The van der Waals surface area contributed by atoms with E-state index in [1.165, 1.54) is 0 Å². The molecular weight excluding hydrogens is 524 g/mol. The zero-order chi connectivity index (χ0) is 28.7. The number of nitrogens with one attached hydrogen (secondary N) is 2. The molecule has 0 amide bonds. The van der Waals surface area contributed by atoms with Gasteiger partial charge >= 0.3 is 0 Å². The van der Waals surface area contributed by atoms with Gasteiger partial charge < -0.3 is 14.8 Å². The van der Waals surface area contributed by atoms with Crippen molar-refractivity contribution in [2.24, 2.45) is 21.3 Å². The highest BCUT2D eigenvalue weighted by molar-refractivity contribution is 6.20. The number of nitrogens with zero attached hydrogens (tertiary/aromatic N) is 4. The molecule has 8 heteroatoms. The van der Waals surface area contributed by atoms with Crippen molar-refractivity contribution >= 4 is 29.4 Å². The summed E-state index contributed by atoms with van der Waals surface area (Å²) < 4.78 is 6.03. The fourth-order valence-corrected chi connectivity index (χ4v) is 6.44. The number of carbonyl (C=O) groups excluding carboxylic acids is 1. The molecule has 0 aromatic carbocycles. The lowest BCUT2D eigenvalue weighted by atomic mass is 9.77. The van der Waals surface area contributed by atoms with E-state index in [9.17, 15) is 4.79 Å². The van der Waals surface area contributed by atoms with Gasteiger partial charge in [0.05, 0.1) is 22.5 Å². The highest BCUT2D eigenvalue weighted by Gasteiger charge is 2.61. The molecular formula is C34H30N6O2. The number of ketones is 1. The molecule has 2 fully saturated rings. The summed E-state index contributed by atoms with van der Waals surface area (Å²) in [5, 5.41) is 10.0. The van der Waals surface area contributed by atoms with Crippen LogP contribution in [0.5, 0.6) is 0 Å². The molecule has 3 aromatic rings. The van der Waals surface area contributed by atoms with Crippen LogP contribution in [0.15, 0.2) is 98.9 Å². The van der Waals surface area contributed by atoms with E-state index >= 15 is 0 Å². The van der Waals surface area contributed by atoms with Crippen LogP contribution in [0.1, 0.15) is 38.1 Å². The molecule has 2 N–H and O–H groups in total. The van der Waals surface area contributed by atoms with Gasteiger partial charge in [0.1, 0.15) is 11.2 Å². The number of aromatic nitrogens is 3. The van der Waals surface area contributed by atoms with Gasteiger partial charge in [0, 0.05) is 39.9 Å². The SMILES string of the molecule is Cc1cc(-c2cc(C34C=CC(=N3)C=c3ccc([nH]3)=CC3=NC(=CC5(C6CC6)NC(=C4)C(C)(C)C5=O)C=C3)on2)ccn1. The summed E-state index contributed by atoms with van der Waals surface area (Å²) in [5.41, 5.74) is 3.13. The minimum Gasteiger partial charge on any atom is -0.372 e. The van der Waals surface area contributed by atoms with Crippen molar-refractivity contribution in [2.75, 3.05) is 0 Å². The minimum absolute atomic E-state index is 0.147. The number of H-pyrrole nitrogens is 1. The third kappa shape index (κ3) is 3.85. The third-order valence-electron chi connectivity index (χ3n) is 8.86. The number of allylic oxidation sites excluding steroid dienone is 4. The normalized spacial score (nSPS) is 27.1. The van der Waals surface area contributed by atoms with Crippen molar-refractivity contribution < 1.29 is 9.32 Å². The van der Waals surface area contributed by atoms with Gasteiger partial charge in [0.25, 0.3) is 0 Å². The van der Waals surface area contributed by atoms with Gasteiger partial charge in [-0.05, 0) is 112 Å². The second kappa shape index (κ2) is 8.58. The summed E-state index contributed by atoms with van der Waals surface area (Å²) in [5.74, 6) is 0.924. The Morgan fingerprint density at radius 3 is 2.57 bits per heavy atom. The number of hydrogen-bond acceptors (Lipinski definition) is 7. The molecule has 4 aliphatic heterocycles. The van der Waals surface area contributed by atoms with Gasteiger partial charge in [-0.1, -0.05) is 5.16 Å². The number of pyridine rings is 1. The number of Topliss-reactive ketones (excluding diaryl/α,β-unsaturated/α-hetero) is 1. The minimum atomic E-state index is -0.997. The molecule has 1 aliphatic carbocycles. The van der Waals surface area contributed by atoms with E-state index in [1.807, 2.05) is 99.7 Å². The van der Waals surface area contributed by atoms with E-state index in [2.05, 4.69) is 20.4 Å². The number of aliphatic imine (C=N–C) groups is 2. The molecule has 2 unspecified atom stereocenters. The molecule has 7 heterocycles. The van der Waals surface area contributed by atoms with Gasteiger partial charge in [0.2, 0.25) is 0 Å². The molecule has 8 nitrogen and oxygen atoms in total. The molecule has 2 atom stereocenters. The Balaban J connectivity index is 1.35. The first-order chi connectivity index (χ1) is 20.2. The topological polar surface area (TPSA) is 109 Å². The zero-order valence-electron chi connectivity index (χ0n) is 23.7. The first kappa shape index (κ1) is 24.9. The zero-order valence-corrected chi connectivity index (χ0v) is 23.7. The van der Waals surface area contributed by atoms with E-state index in [4.69, 9.17) is 14.5 Å². The smallest absolute Gasteiger partial charge is 0.173 e. The van der Waals surface area contributed by atoms with Crippen molar-refractivity contribution in [1.82, 2.24) is 20.4 Å². The maximum absolute atomic E-state index is 14.3. The fraction of sp³-hybridized carbons (Fsp3) is 0.265. The van der Waals surface area contributed by atoms with E-state index in [1.54, 1.807) is 6.20 Å². The molecule has 0 radical (unpaired) electrons. The molecule has 3 aromatic heterocycles. The number of fused-ring (bicyclic) bond motifs is 6. The van der Waals surface area contributed by atoms with Crippen molar-refractivity contribution in [3.8, 4) is 11.3 Å². The van der Waals surface area contributed by atoms with E-state index in [0.29, 0.717) is 11.5 Å². The molecule has 1 saturated carbocycles. The van der Waals surface area contributed by atoms with Crippen LogP contribution >= 0.6 is 0 Å². The van der Waals surface area contributed by atoms with E-state index < -0.39 is 16.5 Å². The molecule has 1 saturated heterocycles. The first-order valence-electron chi connectivity index (χ1n) is 14.4. The second-order valence-electron chi connectivity index (χ2n) is 12.3. The number of carbonyl (C=O) groups is 1. The number of hydrogen-bond donors (Lipinski definition) is 2. The van der Waals surface area contributed by atoms with Crippen LogP contribution in [0.2, 0.25) is 0 Å². The molecule has 208 valence electrons. The number of rotatable bonds is 3. The van der Waals surface area contributed by atoms with Crippen LogP contribution in [0.4, 0.5) is 0 Å². The van der Waals surface area contributed by atoms with Crippen molar-refractivity contribution in [1.29, 1.82) is 0 Å². The van der Waals surface area contributed by atoms with E-state index in [-0.39, 0.29) is 11.7 Å². The lowest BCUT2D eigenvalue weighted by molar-refractivity contribution is -0.127. The Morgan fingerprint density at radius 2 is 1.79 bits per heavy atom. The Hall–Kier alpha value is -4.85. The standard InChI is InChI=1S/C34H30N6O2/c1-20-14-21(11-13-35-20)28-17-30(42-40-28)33-12-10-26(38-33)16-25-7-6-23(36-25)15-24-8-9-27(37-24)18-34(22-4-5-22)31(41)32(2,3)29(19-33)39-34/h6-19,22,36,39H,4-5H2,1-3H3. The summed E-state index contributed by atoms with van der Waals surface area (Å²) in [7, 11) is 0. The van der Waals surface area contributed by atoms with Gasteiger partial charge in [0.15, 0.2) is 17.1 Å². The summed E-state index contributed by atoms with van der Waals surface area (Å²) in [6, 6.07) is 9.88. The predicted octanol–water partition coefficient (Wildman–Crippen LogP) is 3.98. The van der Waals surface area contributed by atoms with Crippen LogP contribution in [-0.2, 0) is 10.3 Å². The molecule has 42 heavy (non-hydrogen) atoms. The van der Waals surface area contributed by atoms with E-state index in [0.717, 1.165) is 57.6 Å². The largest absolute Gasteiger partial charge is 0.372 e. The van der Waals surface area contributed by atoms with Crippen molar-refractivity contribution in [3.63, 3.8) is 0 Å². The first-order valence-corrected chi connectivity index (χ1v) is 14.4. The Bertz CT molecular complexity index is 1990. The highest BCUT2D eigenvalue weighted by atomic mass is 16.5. The fourth-order valence-electron chi connectivity index (χ4n) is 6.44. The monoisotopic (exact) mass is 554 g/mol. The average molecular weight is 555 g/mol. The van der Waals surface area contributed by atoms with Crippen LogP contribution in [0.25, 0.3) is 23.4 Å². The summed E-state index contributed by atoms with van der Waals surface area (Å²) in [6.45, 7) is 5.94. The molecule has 8 rings (SSSR count). The number of aryl methyl sites for hydroxylation is 1. The van der Waals surface area contributed by atoms with Crippen LogP contribution in [-0.4, -0.2) is 37.9 Å². The lowest BCUT2D eigenvalue weighted by Gasteiger charge is -2.26. The van der Waals surface area contributed by atoms with Crippen LogP contribution in [0.3, 0.4) is 0 Å². The van der Waals surface area contributed by atoms with Crippen LogP contribution in [0, 0.1) is 18.3 Å². The Labute approximate surface area is 242 Å². The quantitative estimate of drug-likeness (QED) is 0.509. The lowest BCUT2D eigenvalue weighted by Crippen LogP contribution is -2.47. The van der Waals surface area contributed by atoms with Gasteiger partial charge in [-0.2, -0.15) is 0 Å². The number of aromatic amines is 1. The molecule has 8 bridgehead atoms. The second-order valence-corrected chi connectivity index (χ2v) is 12.3. The van der Waals surface area contributed by atoms with Gasteiger partial charge in [-0.15, -0.1) is 0 Å². The maximum atomic E-state index is 14.3. The van der Waals surface area contributed by atoms with Crippen LogP contribution < -0.4 is 16.0 Å². The maximum Gasteiger partial charge on any atom is 0.173 e.